The average Bonchev–Trinajstić information content (AvgIpc) is 2.39. The zero-order valence-electron chi connectivity index (χ0n) is 10.0. The molecular weight excluding hydrogens is 294 g/mol. The van der Waals surface area contributed by atoms with Crippen LogP contribution in [0, 0.1) is 0 Å². The van der Waals surface area contributed by atoms with Crippen molar-refractivity contribution >= 4 is 15.9 Å². The maximum atomic E-state index is 11.5. The van der Waals surface area contributed by atoms with E-state index in [0.29, 0.717) is 12.2 Å². The number of nitrogens with two attached hydrogens (primary N) is 1. The third-order valence-corrected chi connectivity index (χ3v) is 3.26. The van der Waals surface area contributed by atoms with Crippen LogP contribution in [-0.2, 0) is 6.54 Å². The van der Waals surface area contributed by atoms with Crippen molar-refractivity contribution in [2.45, 2.75) is 19.5 Å². The lowest BCUT2D eigenvalue weighted by Gasteiger charge is -2.12. The topological polar surface area (TPSA) is 60.9 Å². The van der Waals surface area contributed by atoms with Gasteiger partial charge in [-0.05, 0) is 30.7 Å². The molecule has 1 heterocycles. The van der Waals surface area contributed by atoms with Gasteiger partial charge in [-0.3, -0.25) is 4.79 Å². The minimum Gasteiger partial charge on any atom is -0.319 e. The fraction of sp³-hybridized carbons (Fsp3) is 0.231. The predicted octanol–water partition coefficient (Wildman–Crippen LogP) is 2.07. The van der Waals surface area contributed by atoms with Crippen molar-refractivity contribution in [3.63, 3.8) is 0 Å². The molecule has 4 nitrogen and oxygen atoms in total. The number of hydrogen-bond donors (Lipinski definition) is 1. The highest BCUT2D eigenvalue weighted by Crippen LogP contribution is 2.19. The third-order valence-electron chi connectivity index (χ3n) is 2.73. The molecule has 0 radical (unpaired) electrons. The van der Waals surface area contributed by atoms with Gasteiger partial charge in [-0.2, -0.15) is 5.10 Å². The molecule has 1 aromatic carbocycles. The van der Waals surface area contributed by atoms with Crippen molar-refractivity contribution in [2.24, 2.45) is 5.73 Å². The number of rotatable bonds is 3. The lowest BCUT2D eigenvalue weighted by Crippen LogP contribution is -2.25. The van der Waals surface area contributed by atoms with Crippen molar-refractivity contribution in [3.05, 3.63) is 62.5 Å². The highest BCUT2D eigenvalue weighted by molar-refractivity contribution is 9.10. The normalized spacial score (nSPS) is 12.4. The van der Waals surface area contributed by atoms with Gasteiger partial charge < -0.3 is 5.73 Å². The van der Waals surface area contributed by atoms with Crippen LogP contribution >= 0.6 is 15.9 Å². The third kappa shape index (κ3) is 2.68. The summed E-state index contributed by atoms with van der Waals surface area (Å²) in [6, 6.07) is 10.6. The van der Waals surface area contributed by atoms with Gasteiger partial charge in [-0.25, -0.2) is 4.68 Å². The van der Waals surface area contributed by atoms with E-state index in [1.807, 2.05) is 31.2 Å². The molecule has 0 spiro atoms. The molecule has 94 valence electrons. The summed E-state index contributed by atoms with van der Waals surface area (Å²) in [6.07, 6.45) is 0. The van der Waals surface area contributed by atoms with Crippen LogP contribution in [0.1, 0.15) is 24.2 Å². The van der Waals surface area contributed by atoms with E-state index < -0.39 is 0 Å². The summed E-state index contributed by atoms with van der Waals surface area (Å²) in [5.41, 5.74) is 7.70. The molecule has 18 heavy (non-hydrogen) atoms. The molecule has 0 aliphatic rings. The van der Waals surface area contributed by atoms with Crippen LogP contribution in [0.15, 0.2) is 45.7 Å². The van der Waals surface area contributed by atoms with Gasteiger partial charge >= 0.3 is 0 Å². The molecule has 2 N–H and O–H groups in total. The molecule has 0 saturated heterocycles. The first-order valence-electron chi connectivity index (χ1n) is 5.71. The molecule has 0 amide bonds. The fourth-order valence-corrected chi connectivity index (χ4v) is 1.96. The molecule has 1 atom stereocenters. The summed E-state index contributed by atoms with van der Waals surface area (Å²) in [4.78, 5) is 11.5. The molecule has 0 aliphatic carbocycles. The highest BCUT2D eigenvalue weighted by Gasteiger charge is 2.11. The molecular formula is C13H14BrN3O. The van der Waals surface area contributed by atoms with E-state index in [4.69, 9.17) is 5.73 Å². The predicted molar refractivity (Wildman–Crippen MR) is 74.3 cm³/mol. The summed E-state index contributed by atoms with van der Waals surface area (Å²) < 4.78 is 2.42. The number of halogens is 1. The smallest absolute Gasteiger partial charge is 0.266 e. The van der Waals surface area contributed by atoms with Crippen molar-refractivity contribution < 1.29 is 0 Å². The van der Waals surface area contributed by atoms with Crippen LogP contribution in [0.25, 0.3) is 0 Å². The van der Waals surface area contributed by atoms with E-state index in [1.165, 1.54) is 10.7 Å². The Labute approximate surface area is 114 Å². The number of aromatic nitrogens is 2. The quantitative estimate of drug-likeness (QED) is 0.944. The Bertz CT molecular complexity index is 592. The van der Waals surface area contributed by atoms with Crippen LogP contribution in [-0.4, -0.2) is 9.78 Å². The van der Waals surface area contributed by atoms with Gasteiger partial charge in [-0.1, -0.05) is 28.1 Å². The summed E-state index contributed by atoms with van der Waals surface area (Å²) in [7, 11) is 0. The second-order valence-electron chi connectivity index (χ2n) is 3.94. The SMILES string of the molecule is CCn1nc(C(N)c2ccc(Br)cc2)ccc1=O. The average molecular weight is 308 g/mol. The number of benzene rings is 1. The van der Waals surface area contributed by atoms with E-state index in [9.17, 15) is 4.79 Å². The van der Waals surface area contributed by atoms with E-state index in [1.54, 1.807) is 6.07 Å². The van der Waals surface area contributed by atoms with Crippen LogP contribution in [0.2, 0.25) is 0 Å². The molecule has 0 fully saturated rings. The first-order chi connectivity index (χ1) is 8.61. The Morgan fingerprint density at radius 2 is 1.94 bits per heavy atom. The van der Waals surface area contributed by atoms with Crippen LogP contribution < -0.4 is 11.3 Å². The number of nitrogens with zero attached hydrogens (tertiary/aromatic N) is 2. The molecule has 5 heteroatoms. The largest absolute Gasteiger partial charge is 0.319 e. The first kappa shape index (κ1) is 13.0. The Morgan fingerprint density at radius 3 is 2.56 bits per heavy atom. The highest BCUT2D eigenvalue weighted by atomic mass is 79.9. The van der Waals surface area contributed by atoms with Gasteiger partial charge in [0.25, 0.3) is 5.56 Å². The number of aryl methyl sites for hydroxylation is 1. The Hall–Kier alpha value is -1.46. The Morgan fingerprint density at radius 1 is 1.28 bits per heavy atom. The Kier molecular flexibility index (Phi) is 3.93. The Balaban J connectivity index is 2.36. The van der Waals surface area contributed by atoms with E-state index in [2.05, 4.69) is 21.0 Å². The monoisotopic (exact) mass is 307 g/mol. The van der Waals surface area contributed by atoms with Crippen molar-refractivity contribution in [3.8, 4) is 0 Å². The minimum atomic E-state index is -0.323. The fourth-order valence-electron chi connectivity index (χ4n) is 1.70. The minimum absolute atomic E-state index is 0.107. The maximum absolute atomic E-state index is 11.5. The molecule has 1 aromatic heterocycles. The molecule has 1 unspecified atom stereocenters. The molecule has 2 aromatic rings. The second kappa shape index (κ2) is 5.46. The van der Waals surface area contributed by atoms with E-state index >= 15 is 0 Å². The number of hydrogen-bond acceptors (Lipinski definition) is 3. The van der Waals surface area contributed by atoms with Crippen LogP contribution in [0.4, 0.5) is 0 Å². The van der Waals surface area contributed by atoms with Gasteiger partial charge in [0, 0.05) is 17.1 Å². The van der Waals surface area contributed by atoms with E-state index in [-0.39, 0.29) is 11.6 Å². The second-order valence-corrected chi connectivity index (χ2v) is 4.86. The van der Waals surface area contributed by atoms with Gasteiger partial charge in [0.1, 0.15) is 0 Å². The maximum Gasteiger partial charge on any atom is 0.266 e. The lowest BCUT2D eigenvalue weighted by atomic mass is 10.0. The summed E-state index contributed by atoms with van der Waals surface area (Å²) in [5, 5.41) is 4.26. The summed E-state index contributed by atoms with van der Waals surface area (Å²) >= 11 is 3.38. The van der Waals surface area contributed by atoms with Gasteiger partial charge in [-0.15, -0.1) is 0 Å². The first-order valence-corrected chi connectivity index (χ1v) is 6.50. The van der Waals surface area contributed by atoms with Crippen molar-refractivity contribution in [1.82, 2.24) is 9.78 Å². The van der Waals surface area contributed by atoms with Gasteiger partial charge in [0.15, 0.2) is 0 Å². The van der Waals surface area contributed by atoms with Crippen LogP contribution in [0.5, 0.6) is 0 Å². The van der Waals surface area contributed by atoms with Crippen LogP contribution in [0.3, 0.4) is 0 Å². The standard InChI is InChI=1S/C13H14BrN3O/c1-2-17-12(18)8-7-11(16-17)13(15)9-3-5-10(14)6-4-9/h3-8,13H,2,15H2,1H3. The summed E-state index contributed by atoms with van der Waals surface area (Å²) in [5.74, 6) is 0. The van der Waals surface area contributed by atoms with Crippen molar-refractivity contribution in [2.75, 3.05) is 0 Å². The van der Waals surface area contributed by atoms with Gasteiger partial charge in [0.2, 0.25) is 0 Å². The summed E-state index contributed by atoms with van der Waals surface area (Å²) in [6.45, 7) is 2.42. The molecule has 0 aliphatic heterocycles. The molecule has 2 rings (SSSR count). The van der Waals surface area contributed by atoms with Gasteiger partial charge in [0.05, 0.1) is 11.7 Å². The van der Waals surface area contributed by atoms with E-state index in [0.717, 1.165) is 10.0 Å². The lowest BCUT2D eigenvalue weighted by molar-refractivity contribution is 0.587. The zero-order chi connectivity index (χ0) is 13.1. The molecule has 0 saturated carbocycles. The zero-order valence-corrected chi connectivity index (χ0v) is 11.6. The van der Waals surface area contributed by atoms with Crippen molar-refractivity contribution in [1.29, 1.82) is 0 Å². The molecule has 0 bridgehead atoms.